The number of furan rings is 1. The van der Waals surface area contributed by atoms with E-state index in [2.05, 4.69) is 21.7 Å². The van der Waals surface area contributed by atoms with Crippen molar-refractivity contribution in [1.82, 2.24) is 9.88 Å². The van der Waals surface area contributed by atoms with E-state index in [0.717, 1.165) is 13.0 Å². The van der Waals surface area contributed by atoms with Crippen molar-refractivity contribution in [3.63, 3.8) is 0 Å². The van der Waals surface area contributed by atoms with Gasteiger partial charge in [0.05, 0.1) is 18.4 Å². The molecule has 8 heteroatoms. The average molecular weight is 373 g/mol. The van der Waals surface area contributed by atoms with Crippen LogP contribution in [0.4, 0.5) is 5.13 Å². The van der Waals surface area contributed by atoms with Crippen LogP contribution in [0.3, 0.4) is 0 Å². The number of aromatic nitrogens is 1. The highest BCUT2D eigenvalue weighted by molar-refractivity contribution is 7.14. The smallest absolute Gasteiger partial charge is 0.293 e. The fraction of sp³-hybridized carbons (Fsp3) is 0.235. The molecule has 1 aliphatic heterocycles. The van der Waals surface area contributed by atoms with E-state index in [1.54, 1.807) is 28.8 Å². The van der Waals surface area contributed by atoms with E-state index in [4.69, 9.17) is 4.42 Å². The van der Waals surface area contributed by atoms with Crippen LogP contribution in [0.25, 0.3) is 0 Å². The summed E-state index contributed by atoms with van der Waals surface area (Å²) < 4.78 is 5.05. The van der Waals surface area contributed by atoms with Gasteiger partial charge in [0.1, 0.15) is 0 Å². The summed E-state index contributed by atoms with van der Waals surface area (Å²) in [4.78, 5) is 32.0. The van der Waals surface area contributed by atoms with E-state index in [1.165, 1.54) is 28.0 Å². The third-order valence-corrected chi connectivity index (χ3v) is 5.84. The molecule has 6 nitrogen and oxygen atoms in total. The number of carbonyl (C=O) groups is 2. The summed E-state index contributed by atoms with van der Waals surface area (Å²) in [5, 5.41) is 7.02. The summed E-state index contributed by atoms with van der Waals surface area (Å²) in [5.74, 6) is -0.0583. The number of nitrogens with zero attached hydrogens (tertiary/aromatic N) is 2. The summed E-state index contributed by atoms with van der Waals surface area (Å²) >= 11 is 3.05. The van der Waals surface area contributed by atoms with E-state index < -0.39 is 0 Å². The van der Waals surface area contributed by atoms with E-state index in [9.17, 15) is 9.59 Å². The first kappa shape index (κ1) is 16.0. The van der Waals surface area contributed by atoms with Gasteiger partial charge in [-0.1, -0.05) is 0 Å². The van der Waals surface area contributed by atoms with E-state index in [1.807, 2.05) is 4.90 Å². The molecule has 0 aliphatic carbocycles. The van der Waals surface area contributed by atoms with Gasteiger partial charge in [0.25, 0.3) is 5.91 Å². The molecule has 128 valence electrons. The van der Waals surface area contributed by atoms with Crippen molar-refractivity contribution in [2.45, 2.75) is 19.4 Å². The van der Waals surface area contributed by atoms with Crippen molar-refractivity contribution in [2.24, 2.45) is 0 Å². The van der Waals surface area contributed by atoms with Gasteiger partial charge in [0.15, 0.2) is 10.9 Å². The topological polar surface area (TPSA) is 75.4 Å². The van der Waals surface area contributed by atoms with Gasteiger partial charge in [-0.05, 0) is 35.6 Å². The second kappa shape index (κ2) is 6.81. The molecule has 25 heavy (non-hydrogen) atoms. The maximum absolute atomic E-state index is 12.5. The maximum atomic E-state index is 12.5. The van der Waals surface area contributed by atoms with Crippen molar-refractivity contribution >= 4 is 39.6 Å². The molecule has 3 aromatic heterocycles. The summed E-state index contributed by atoms with van der Waals surface area (Å²) in [6.45, 7) is 1.42. The molecule has 0 fully saturated rings. The first-order valence-corrected chi connectivity index (χ1v) is 9.57. The number of thiophene rings is 1. The highest BCUT2D eigenvalue weighted by Gasteiger charge is 2.22. The van der Waals surface area contributed by atoms with E-state index >= 15 is 0 Å². The number of nitrogens with one attached hydrogen (secondary N) is 1. The molecule has 0 bridgehead atoms. The molecule has 1 aliphatic rings. The van der Waals surface area contributed by atoms with E-state index in [-0.39, 0.29) is 24.0 Å². The Morgan fingerprint density at radius 2 is 2.24 bits per heavy atom. The predicted molar refractivity (Wildman–Crippen MR) is 95.9 cm³/mol. The molecule has 0 saturated heterocycles. The Morgan fingerprint density at radius 3 is 3.08 bits per heavy atom. The van der Waals surface area contributed by atoms with Crippen LogP contribution in [0.5, 0.6) is 0 Å². The van der Waals surface area contributed by atoms with Gasteiger partial charge >= 0.3 is 0 Å². The van der Waals surface area contributed by atoms with Gasteiger partial charge < -0.3 is 9.32 Å². The average Bonchev–Trinajstić information content (AvgIpc) is 3.35. The van der Waals surface area contributed by atoms with Crippen LogP contribution in [0, 0.1) is 0 Å². The minimum Gasteiger partial charge on any atom is -0.459 e. The van der Waals surface area contributed by atoms with Gasteiger partial charge in [-0.25, -0.2) is 4.98 Å². The lowest BCUT2D eigenvalue weighted by molar-refractivity contribution is -0.131. The van der Waals surface area contributed by atoms with Crippen LogP contribution in [-0.2, 0) is 24.2 Å². The summed E-state index contributed by atoms with van der Waals surface area (Å²) in [7, 11) is 0. The number of rotatable bonds is 4. The number of fused-ring (bicyclic) bond motifs is 1. The fourth-order valence-corrected chi connectivity index (χ4v) is 4.34. The molecule has 0 saturated carbocycles. The fourth-order valence-electron chi connectivity index (χ4n) is 2.74. The number of thiazole rings is 1. The normalized spacial score (nSPS) is 13.5. The molecule has 2 amide bonds. The van der Waals surface area contributed by atoms with Crippen molar-refractivity contribution < 1.29 is 14.0 Å². The zero-order chi connectivity index (χ0) is 17.2. The summed E-state index contributed by atoms with van der Waals surface area (Å²) in [6.07, 6.45) is 2.60. The minimum absolute atomic E-state index is 0.0612. The van der Waals surface area contributed by atoms with Gasteiger partial charge in [-0.2, -0.15) is 0 Å². The van der Waals surface area contributed by atoms with Crippen molar-refractivity contribution in [1.29, 1.82) is 0 Å². The van der Waals surface area contributed by atoms with Gasteiger partial charge in [-0.3, -0.25) is 14.9 Å². The standard InChI is InChI=1S/C17H15N3O3S2/c21-15(20-5-3-14-11(9-20)4-7-24-14)8-12-10-25-17(18-12)19-16(22)13-2-1-6-23-13/h1-2,4,6-7,10H,3,5,8-9H2,(H,18,19,22). The third-order valence-electron chi connectivity index (χ3n) is 4.01. The van der Waals surface area contributed by atoms with E-state index in [0.29, 0.717) is 17.4 Å². The Hall–Kier alpha value is -2.45. The van der Waals surface area contributed by atoms with Gasteiger partial charge in [0, 0.05) is 23.3 Å². The Morgan fingerprint density at radius 1 is 1.32 bits per heavy atom. The zero-order valence-corrected chi connectivity index (χ0v) is 14.9. The van der Waals surface area contributed by atoms with Crippen molar-refractivity contribution in [3.8, 4) is 0 Å². The number of anilines is 1. The van der Waals surface area contributed by atoms with Crippen molar-refractivity contribution in [2.75, 3.05) is 11.9 Å². The number of hydrogen-bond acceptors (Lipinski definition) is 6. The minimum atomic E-state index is -0.349. The first-order chi connectivity index (χ1) is 12.2. The quantitative estimate of drug-likeness (QED) is 0.762. The Kier molecular flexibility index (Phi) is 4.37. The van der Waals surface area contributed by atoms with Crippen LogP contribution in [0.1, 0.15) is 26.7 Å². The second-order valence-corrected chi connectivity index (χ2v) is 7.55. The maximum Gasteiger partial charge on any atom is 0.293 e. The van der Waals surface area contributed by atoms with Crippen LogP contribution in [-0.4, -0.2) is 28.2 Å². The first-order valence-electron chi connectivity index (χ1n) is 7.81. The lowest BCUT2D eigenvalue weighted by atomic mass is 10.1. The lowest BCUT2D eigenvalue weighted by Gasteiger charge is -2.26. The summed E-state index contributed by atoms with van der Waals surface area (Å²) in [6, 6.07) is 5.32. The number of carbonyl (C=O) groups excluding carboxylic acids is 2. The molecule has 4 rings (SSSR count). The Labute approximate surface area is 152 Å². The highest BCUT2D eigenvalue weighted by atomic mass is 32.1. The second-order valence-electron chi connectivity index (χ2n) is 5.69. The molecular formula is C17H15N3O3S2. The van der Waals surface area contributed by atoms with Crippen LogP contribution in [0.15, 0.2) is 39.6 Å². The molecule has 1 N–H and O–H groups in total. The predicted octanol–water partition coefficient (Wildman–Crippen LogP) is 3.18. The lowest BCUT2D eigenvalue weighted by Crippen LogP contribution is -2.36. The van der Waals surface area contributed by atoms with Crippen LogP contribution < -0.4 is 5.32 Å². The van der Waals surface area contributed by atoms with Gasteiger partial charge in [-0.15, -0.1) is 22.7 Å². The largest absolute Gasteiger partial charge is 0.459 e. The van der Waals surface area contributed by atoms with Gasteiger partial charge in [0.2, 0.25) is 5.91 Å². The Bertz CT molecular complexity index is 898. The molecule has 0 spiro atoms. The molecule has 0 aromatic carbocycles. The van der Waals surface area contributed by atoms with Crippen molar-refractivity contribution in [3.05, 3.63) is 57.1 Å². The summed E-state index contributed by atoms with van der Waals surface area (Å²) in [5.41, 5.74) is 1.91. The molecule has 0 atom stereocenters. The Balaban J connectivity index is 1.36. The zero-order valence-electron chi connectivity index (χ0n) is 13.2. The third kappa shape index (κ3) is 3.49. The SMILES string of the molecule is O=C(Nc1nc(CC(=O)N2CCc3sccc3C2)cs1)c1ccco1. The molecule has 0 radical (unpaired) electrons. The van der Waals surface area contributed by atoms with Crippen LogP contribution >= 0.6 is 22.7 Å². The number of amides is 2. The highest BCUT2D eigenvalue weighted by Crippen LogP contribution is 2.25. The monoisotopic (exact) mass is 373 g/mol. The molecule has 3 aromatic rings. The molecule has 0 unspecified atom stereocenters. The van der Waals surface area contributed by atoms with Crippen LogP contribution in [0.2, 0.25) is 0 Å². The number of hydrogen-bond donors (Lipinski definition) is 1. The molecule has 4 heterocycles. The molecular weight excluding hydrogens is 358 g/mol.